The molecule has 7 heteroatoms. The molecular weight excluding hydrogens is 264 g/mol. The molecule has 0 bridgehead atoms. The van der Waals surface area contributed by atoms with E-state index in [1.165, 1.54) is 16.9 Å². The molecule has 0 saturated carbocycles. The van der Waals surface area contributed by atoms with E-state index in [-0.39, 0.29) is 12.6 Å². The fourth-order valence-electron chi connectivity index (χ4n) is 2.86. The molecule has 2 saturated heterocycles. The molecule has 2 amide bonds. The lowest BCUT2D eigenvalue weighted by atomic mass is 10.0. The number of ether oxygens (including phenoxy) is 1. The molecule has 2 aliphatic rings. The zero-order valence-electron chi connectivity index (χ0n) is 11.6. The van der Waals surface area contributed by atoms with E-state index in [1.807, 2.05) is 0 Å². The lowest BCUT2D eigenvalue weighted by Crippen LogP contribution is -2.53. The van der Waals surface area contributed by atoms with Crippen molar-refractivity contribution in [2.24, 2.45) is 5.92 Å². The number of carbonyl (C=O) groups excluding carboxylic acids is 2. The monoisotopic (exact) mass is 284 g/mol. The van der Waals surface area contributed by atoms with E-state index in [9.17, 15) is 14.4 Å². The van der Waals surface area contributed by atoms with E-state index in [4.69, 9.17) is 9.84 Å². The number of piperidine rings is 1. The molecule has 2 fully saturated rings. The Kier molecular flexibility index (Phi) is 4.46. The summed E-state index contributed by atoms with van der Waals surface area (Å²) in [6.45, 7) is 1.17. The normalized spacial score (nSPS) is 26.4. The number of hydrogen-bond acceptors (Lipinski definition) is 4. The van der Waals surface area contributed by atoms with Gasteiger partial charge in [0, 0.05) is 19.6 Å². The minimum atomic E-state index is -0.872. The summed E-state index contributed by atoms with van der Waals surface area (Å²) >= 11 is 0. The molecule has 1 N–H and O–H groups in total. The van der Waals surface area contributed by atoms with Gasteiger partial charge >= 0.3 is 18.0 Å². The van der Waals surface area contributed by atoms with Gasteiger partial charge in [-0.2, -0.15) is 0 Å². The van der Waals surface area contributed by atoms with Gasteiger partial charge in [0.2, 0.25) is 0 Å². The molecule has 2 heterocycles. The summed E-state index contributed by atoms with van der Waals surface area (Å²) in [5.41, 5.74) is 0. The van der Waals surface area contributed by atoms with Crippen molar-refractivity contribution in [1.82, 2.24) is 9.80 Å². The van der Waals surface area contributed by atoms with E-state index >= 15 is 0 Å². The molecule has 112 valence electrons. The Labute approximate surface area is 117 Å². The van der Waals surface area contributed by atoms with Crippen LogP contribution in [0.1, 0.15) is 25.7 Å². The van der Waals surface area contributed by atoms with Gasteiger partial charge in [0.05, 0.1) is 13.0 Å². The summed E-state index contributed by atoms with van der Waals surface area (Å²) in [4.78, 5) is 38.2. The quantitative estimate of drug-likeness (QED) is 0.748. The number of carboxylic acids is 1. The fourth-order valence-corrected chi connectivity index (χ4v) is 2.86. The zero-order chi connectivity index (χ0) is 14.7. The second-order valence-corrected chi connectivity index (χ2v) is 5.28. The van der Waals surface area contributed by atoms with E-state index < -0.39 is 23.9 Å². The Morgan fingerprint density at radius 3 is 2.50 bits per heavy atom. The van der Waals surface area contributed by atoms with Gasteiger partial charge in [-0.15, -0.1) is 0 Å². The predicted octanol–water partition coefficient (Wildman–Crippen LogP) is 0.540. The van der Waals surface area contributed by atoms with E-state index in [2.05, 4.69) is 0 Å². The Morgan fingerprint density at radius 1 is 1.15 bits per heavy atom. The third-order valence-electron chi connectivity index (χ3n) is 4.03. The molecule has 2 atom stereocenters. The van der Waals surface area contributed by atoms with Crippen LogP contribution in [0.25, 0.3) is 0 Å². The molecular formula is C13H20N2O5. The number of nitrogens with zero attached hydrogens (tertiary/aromatic N) is 2. The van der Waals surface area contributed by atoms with Crippen molar-refractivity contribution in [1.29, 1.82) is 0 Å². The Hall–Kier alpha value is -1.79. The van der Waals surface area contributed by atoms with Crippen LogP contribution >= 0.6 is 0 Å². The fraction of sp³-hybridized carbons (Fsp3) is 0.769. The average Bonchev–Trinajstić information content (AvgIpc) is 2.95. The maximum atomic E-state index is 12.5. The summed E-state index contributed by atoms with van der Waals surface area (Å²) in [6.07, 6.45) is 2.82. The van der Waals surface area contributed by atoms with Crippen molar-refractivity contribution in [3.63, 3.8) is 0 Å². The summed E-state index contributed by atoms with van der Waals surface area (Å²) in [6, 6.07) is -0.783. The molecule has 0 aromatic rings. The minimum absolute atomic E-state index is 0.221. The van der Waals surface area contributed by atoms with Crippen LogP contribution in [-0.4, -0.2) is 65.7 Å². The van der Waals surface area contributed by atoms with Gasteiger partial charge in [-0.05, 0) is 25.7 Å². The highest BCUT2D eigenvalue weighted by molar-refractivity contribution is 5.84. The van der Waals surface area contributed by atoms with Gasteiger partial charge in [0.1, 0.15) is 6.04 Å². The van der Waals surface area contributed by atoms with Crippen molar-refractivity contribution >= 4 is 18.0 Å². The van der Waals surface area contributed by atoms with Gasteiger partial charge in [0.15, 0.2) is 0 Å². The lowest BCUT2D eigenvalue weighted by molar-refractivity contribution is -0.147. The van der Waals surface area contributed by atoms with Gasteiger partial charge in [-0.3, -0.25) is 4.79 Å². The summed E-state index contributed by atoms with van der Waals surface area (Å²) < 4.78 is 4.75. The first-order valence-electron chi connectivity index (χ1n) is 6.90. The summed E-state index contributed by atoms with van der Waals surface area (Å²) in [5, 5.41) is 8.98. The second kappa shape index (κ2) is 6.11. The predicted molar refractivity (Wildman–Crippen MR) is 69.1 cm³/mol. The van der Waals surface area contributed by atoms with Gasteiger partial charge in [0.25, 0.3) is 0 Å². The largest absolute Gasteiger partial charge is 0.481 e. The highest BCUT2D eigenvalue weighted by Crippen LogP contribution is 2.23. The third-order valence-corrected chi connectivity index (χ3v) is 4.03. The Balaban J connectivity index is 2.03. The van der Waals surface area contributed by atoms with Gasteiger partial charge in [-0.25, -0.2) is 9.59 Å². The first-order chi connectivity index (χ1) is 9.54. The van der Waals surface area contributed by atoms with E-state index in [0.717, 1.165) is 12.8 Å². The molecule has 0 spiro atoms. The average molecular weight is 284 g/mol. The van der Waals surface area contributed by atoms with Crippen LogP contribution in [0, 0.1) is 5.92 Å². The van der Waals surface area contributed by atoms with Crippen LogP contribution in [0.4, 0.5) is 4.79 Å². The lowest BCUT2D eigenvalue weighted by Gasteiger charge is -2.36. The highest BCUT2D eigenvalue weighted by Gasteiger charge is 2.38. The number of urea groups is 1. The first kappa shape index (κ1) is 14.6. The SMILES string of the molecule is COC(=O)C1CCCCN1C(=O)N1CCC(C(=O)O)C1. The molecule has 2 aliphatic heterocycles. The number of carbonyl (C=O) groups is 3. The maximum Gasteiger partial charge on any atom is 0.328 e. The molecule has 2 rings (SSSR count). The van der Waals surface area contributed by atoms with Crippen molar-refractivity contribution < 1.29 is 24.2 Å². The van der Waals surface area contributed by atoms with Gasteiger partial charge in [-0.1, -0.05) is 0 Å². The number of esters is 1. The van der Waals surface area contributed by atoms with Crippen LogP contribution in [0.2, 0.25) is 0 Å². The maximum absolute atomic E-state index is 12.5. The topological polar surface area (TPSA) is 87.2 Å². The minimum Gasteiger partial charge on any atom is -0.481 e. The number of carboxylic acid groups (broad SMARTS) is 1. The molecule has 0 aromatic heterocycles. The number of rotatable bonds is 2. The number of methoxy groups -OCH3 is 1. The third kappa shape index (κ3) is 2.86. The van der Waals surface area contributed by atoms with Crippen molar-refractivity contribution in [2.45, 2.75) is 31.7 Å². The number of aliphatic carboxylic acids is 1. The molecule has 7 nitrogen and oxygen atoms in total. The smallest absolute Gasteiger partial charge is 0.328 e. The van der Waals surface area contributed by atoms with Crippen LogP contribution in [0.3, 0.4) is 0 Å². The molecule has 2 unspecified atom stereocenters. The van der Waals surface area contributed by atoms with Gasteiger partial charge < -0.3 is 19.6 Å². The molecule has 0 radical (unpaired) electrons. The standard InChI is InChI=1S/C13H20N2O5/c1-20-12(18)10-4-2-3-6-15(10)13(19)14-7-5-9(8-14)11(16)17/h9-10H,2-8H2,1H3,(H,16,17). The second-order valence-electron chi connectivity index (χ2n) is 5.28. The van der Waals surface area contributed by atoms with Crippen molar-refractivity contribution in [3.8, 4) is 0 Å². The number of amides is 2. The van der Waals surface area contributed by atoms with Crippen LogP contribution < -0.4 is 0 Å². The van der Waals surface area contributed by atoms with Crippen LogP contribution in [0.5, 0.6) is 0 Å². The molecule has 20 heavy (non-hydrogen) atoms. The number of hydrogen-bond donors (Lipinski definition) is 1. The Bertz CT molecular complexity index is 412. The zero-order valence-corrected chi connectivity index (χ0v) is 11.6. The van der Waals surface area contributed by atoms with Crippen molar-refractivity contribution in [2.75, 3.05) is 26.7 Å². The van der Waals surface area contributed by atoms with Crippen molar-refractivity contribution in [3.05, 3.63) is 0 Å². The van der Waals surface area contributed by atoms with Crippen LogP contribution in [0.15, 0.2) is 0 Å². The summed E-state index contributed by atoms with van der Waals surface area (Å²) in [7, 11) is 1.32. The Morgan fingerprint density at radius 2 is 1.90 bits per heavy atom. The van der Waals surface area contributed by atoms with Crippen LogP contribution in [-0.2, 0) is 14.3 Å². The van der Waals surface area contributed by atoms with E-state index in [1.54, 1.807) is 0 Å². The number of likely N-dealkylation sites (tertiary alicyclic amines) is 2. The van der Waals surface area contributed by atoms with E-state index in [0.29, 0.717) is 25.9 Å². The molecule has 0 aliphatic carbocycles. The first-order valence-corrected chi connectivity index (χ1v) is 6.90. The summed E-state index contributed by atoms with van der Waals surface area (Å²) in [5.74, 6) is -1.77. The highest BCUT2D eigenvalue weighted by atomic mass is 16.5. The molecule has 0 aromatic carbocycles.